The molecular weight excluding hydrogens is 345 g/mol. The molecule has 1 unspecified atom stereocenters. The summed E-state index contributed by atoms with van der Waals surface area (Å²) < 4.78 is 42.9. The molecule has 1 aromatic carbocycles. The highest BCUT2D eigenvalue weighted by atomic mass is 32.1. The van der Waals surface area contributed by atoms with E-state index in [1.54, 1.807) is 24.3 Å². The fourth-order valence-corrected chi connectivity index (χ4v) is 3.06. The van der Waals surface area contributed by atoms with E-state index < -0.39 is 29.3 Å². The molecule has 9 heteroatoms. The van der Waals surface area contributed by atoms with E-state index in [1.165, 1.54) is 6.92 Å². The Morgan fingerprint density at radius 3 is 2.75 bits per heavy atom. The molecule has 1 atom stereocenters. The number of carbonyl (C=O) groups excluding carboxylic acids is 2. The lowest BCUT2D eigenvalue weighted by atomic mass is 9.89. The molecule has 1 N–H and O–H groups in total. The zero-order valence-electron chi connectivity index (χ0n) is 12.3. The van der Waals surface area contributed by atoms with Crippen LogP contribution in [0.5, 0.6) is 0 Å². The fraction of sp³-hybridized carbons (Fsp3) is 0.267. The number of benzene rings is 1. The number of thiazole rings is 1. The Hall–Kier alpha value is -2.42. The monoisotopic (exact) mass is 356 g/mol. The van der Waals surface area contributed by atoms with Crippen LogP contribution in [0.3, 0.4) is 0 Å². The number of anilines is 1. The number of ether oxygens (including phenoxy) is 1. The summed E-state index contributed by atoms with van der Waals surface area (Å²) in [6.07, 6.45) is -4.46. The van der Waals surface area contributed by atoms with Crippen LogP contribution in [0, 0.1) is 0 Å². The third kappa shape index (κ3) is 2.99. The van der Waals surface area contributed by atoms with Crippen LogP contribution in [0.4, 0.5) is 18.3 Å². The molecular formula is C15H11F3N2O3S. The van der Waals surface area contributed by atoms with Crippen LogP contribution in [-0.4, -0.2) is 22.5 Å². The number of carbonyl (C=O) groups is 2. The van der Waals surface area contributed by atoms with Crippen molar-refractivity contribution in [2.75, 3.05) is 5.32 Å². The first-order valence-electron chi connectivity index (χ1n) is 6.84. The van der Waals surface area contributed by atoms with E-state index in [2.05, 4.69) is 10.3 Å². The molecule has 0 saturated heterocycles. The maximum atomic E-state index is 12.5. The molecule has 1 aliphatic rings. The van der Waals surface area contributed by atoms with Gasteiger partial charge in [0.2, 0.25) is 0 Å². The molecule has 2 aromatic rings. The summed E-state index contributed by atoms with van der Waals surface area (Å²) in [5, 5.41) is 2.89. The lowest BCUT2D eigenvalue weighted by Crippen LogP contribution is -2.48. The Kier molecular flexibility index (Phi) is 3.83. The first-order valence-corrected chi connectivity index (χ1v) is 7.72. The number of esters is 1. The summed E-state index contributed by atoms with van der Waals surface area (Å²) in [6, 6.07) is 6.70. The Morgan fingerprint density at radius 1 is 1.38 bits per heavy atom. The quantitative estimate of drug-likeness (QED) is 0.839. The van der Waals surface area contributed by atoms with Gasteiger partial charge in [-0.2, -0.15) is 13.2 Å². The Balaban J connectivity index is 1.80. The van der Waals surface area contributed by atoms with Crippen LogP contribution in [0.1, 0.15) is 28.5 Å². The van der Waals surface area contributed by atoms with Crippen LogP contribution in [0.25, 0.3) is 0 Å². The molecule has 0 bridgehead atoms. The number of hydrogen-bond acceptors (Lipinski definition) is 5. The molecule has 0 radical (unpaired) electrons. The molecule has 1 aliphatic heterocycles. The van der Waals surface area contributed by atoms with E-state index in [4.69, 9.17) is 4.74 Å². The van der Waals surface area contributed by atoms with E-state index >= 15 is 0 Å². The number of hydrogen-bond donors (Lipinski definition) is 1. The molecule has 0 aliphatic carbocycles. The largest absolute Gasteiger partial charge is 0.445 e. The standard InChI is InChI=1S/C15H11F3N2O3S/c1-14(6-8-4-2-3-5-9(8)11(21)23-14)12(22)20-13-19-10(7-24-13)15(16,17)18/h2-5,7H,6H2,1H3,(H,19,20,22). The molecule has 0 spiro atoms. The second-order valence-electron chi connectivity index (χ2n) is 5.44. The van der Waals surface area contributed by atoms with Crippen molar-refractivity contribution in [2.45, 2.75) is 25.1 Å². The zero-order chi connectivity index (χ0) is 17.5. The fourth-order valence-electron chi connectivity index (χ4n) is 2.35. The van der Waals surface area contributed by atoms with Crippen molar-refractivity contribution in [1.29, 1.82) is 0 Å². The maximum Gasteiger partial charge on any atom is 0.434 e. The van der Waals surface area contributed by atoms with Crippen LogP contribution in [0.15, 0.2) is 29.6 Å². The van der Waals surface area contributed by atoms with Crippen molar-refractivity contribution < 1.29 is 27.5 Å². The molecule has 0 fully saturated rings. The summed E-state index contributed by atoms with van der Waals surface area (Å²) in [5.74, 6) is -1.38. The minimum atomic E-state index is -4.58. The number of amides is 1. The molecule has 1 aromatic heterocycles. The van der Waals surface area contributed by atoms with Crippen molar-refractivity contribution in [3.63, 3.8) is 0 Å². The highest BCUT2D eigenvalue weighted by Gasteiger charge is 2.43. The predicted molar refractivity (Wildman–Crippen MR) is 79.7 cm³/mol. The lowest BCUT2D eigenvalue weighted by Gasteiger charge is -2.32. The third-order valence-corrected chi connectivity index (χ3v) is 4.34. The van der Waals surface area contributed by atoms with Crippen LogP contribution >= 0.6 is 11.3 Å². The van der Waals surface area contributed by atoms with Crippen molar-refractivity contribution in [1.82, 2.24) is 4.98 Å². The summed E-state index contributed by atoms with van der Waals surface area (Å²) in [5.41, 5.74) is -1.59. The summed E-state index contributed by atoms with van der Waals surface area (Å²) in [7, 11) is 0. The topological polar surface area (TPSA) is 68.3 Å². The highest BCUT2D eigenvalue weighted by Crippen LogP contribution is 2.33. The molecule has 3 rings (SSSR count). The number of fused-ring (bicyclic) bond motifs is 1. The van der Waals surface area contributed by atoms with Gasteiger partial charge in [-0.05, 0) is 18.6 Å². The molecule has 5 nitrogen and oxygen atoms in total. The highest BCUT2D eigenvalue weighted by molar-refractivity contribution is 7.14. The van der Waals surface area contributed by atoms with E-state index in [-0.39, 0.29) is 11.6 Å². The number of rotatable bonds is 2. The van der Waals surface area contributed by atoms with Gasteiger partial charge in [0, 0.05) is 11.8 Å². The summed E-state index contributed by atoms with van der Waals surface area (Å²) in [6.45, 7) is 1.41. The van der Waals surface area contributed by atoms with Gasteiger partial charge >= 0.3 is 12.1 Å². The van der Waals surface area contributed by atoms with Gasteiger partial charge < -0.3 is 4.74 Å². The number of alkyl halides is 3. The van der Waals surface area contributed by atoms with Gasteiger partial charge in [0.25, 0.3) is 5.91 Å². The second kappa shape index (κ2) is 5.59. The Labute approximate surface area is 138 Å². The van der Waals surface area contributed by atoms with Gasteiger partial charge in [-0.15, -0.1) is 11.3 Å². The Morgan fingerprint density at radius 2 is 2.08 bits per heavy atom. The lowest BCUT2D eigenvalue weighted by molar-refractivity contribution is -0.140. The third-order valence-electron chi connectivity index (χ3n) is 3.58. The number of aromatic nitrogens is 1. The molecule has 24 heavy (non-hydrogen) atoms. The van der Waals surface area contributed by atoms with Gasteiger partial charge in [0.15, 0.2) is 16.4 Å². The van der Waals surface area contributed by atoms with Crippen LogP contribution < -0.4 is 5.32 Å². The van der Waals surface area contributed by atoms with Gasteiger partial charge in [0.1, 0.15) is 0 Å². The van der Waals surface area contributed by atoms with E-state index in [1.807, 2.05) is 0 Å². The molecule has 1 amide bonds. The van der Waals surface area contributed by atoms with Crippen molar-refractivity contribution in [3.8, 4) is 0 Å². The van der Waals surface area contributed by atoms with Crippen molar-refractivity contribution in [3.05, 3.63) is 46.5 Å². The zero-order valence-corrected chi connectivity index (χ0v) is 13.1. The average molecular weight is 356 g/mol. The van der Waals surface area contributed by atoms with Gasteiger partial charge in [-0.3, -0.25) is 10.1 Å². The van der Waals surface area contributed by atoms with Crippen molar-refractivity contribution in [2.24, 2.45) is 0 Å². The van der Waals surface area contributed by atoms with Gasteiger partial charge in [-0.25, -0.2) is 9.78 Å². The predicted octanol–water partition coefficient (Wildman–Crippen LogP) is 3.27. The van der Waals surface area contributed by atoms with Crippen LogP contribution in [0.2, 0.25) is 0 Å². The Bertz CT molecular complexity index is 818. The smallest absolute Gasteiger partial charge is 0.434 e. The average Bonchev–Trinajstić information content (AvgIpc) is 2.96. The summed E-state index contributed by atoms with van der Waals surface area (Å²) >= 11 is 0.650. The second-order valence-corrected chi connectivity index (χ2v) is 6.30. The maximum absolute atomic E-state index is 12.5. The first-order chi connectivity index (χ1) is 11.2. The van der Waals surface area contributed by atoms with E-state index in [0.29, 0.717) is 22.5 Å². The molecule has 0 saturated carbocycles. The SMILES string of the molecule is CC1(C(=O)Nc2nc(C(F)(F)F)cs2)Cc2ccccc2C(=O)O1. The van der Waals surface area contributed by atoms with Gasteiger partial charge in [-0.1, -0.05) is 18.2 Å². The van der Waals surface area contributed by atoms with E-state index in [9.17, 15) is 22.8 Å². The van der Waals surface area contributed by atoms with Crippen molar-refractivity contribution >= 4 is 28.3 Å². The molecule has 2 heterocycles. The van der Waals surface area contributed by atoms with E-state index in [0.717, 1.165) is 5.38 Å². The normalized spacial score (nSPS) is 20.2. The minimum absolute atomic E-state index is 0.123. The summed E-state index contributed by atoms with van der Waals surface area (Å²) in [4.78, 5) is 27.8. The number of halogens is 3. The first kappa shape index (κ1) is 16.4. The number of nitrogens with one attached hydrogen (secondary N) is 1. The van der Waals surface area contributed by atoms with Gasteiger partial charge in [0.05, 0.1) is 5.56 Å². The number of cyclic esters (lactones) is 1. The van der Waals surface area contributed by atoms with Crippen LogP contribution in [-0.2, 0) is 22.1 Å². The minimum Gasteiger partial charge on any atom is -0.445 e. The molecule has 126 valence electrons. The number of nitrogens with zero attached hydrogens (tertiary/aromatic N) is 1.